The number of likely N-dealkylation sites (tertiary alicyclic amines) is 1. The summed E-state index contributed by atoms with van der Waals surface area (Å²) in [5, 5.41) is 1.04. The highest BCUT2D eigenvalue weighted by Gasteiger charge is 2.45. The molecule has 5 nitrogen and oxygen atoms in total. The molecule has 1 saturated carbocycles. The second kappa shape index (κ2) is 9.18. The summed E-state index contributed by atoms with van der Waals surface area (Å²) in [6, 6.07) is 9.41. The van der Waals surface area contributed by atoms with E-state index in [-0.39, 0.29) is 29.2 Å². The molecule has 1 N–H and O–H groups in total. The van der Waals surface area contributed by atoms with Gasteiger partial charge in [0.15, 0.2) is 0 Å². The van der Waals surface area contributed by atoms with Crippen LogP contribution in [0.1, 0.15) is 56.0 Å². The minimum atomic E-state index is -0.842. The molecule has 2 aliphatic heterocycles. The van der Waals surface area contributed by atoms with Gasteiger partial charge < -0.3 is 14.6 Å². The number of para-hydroxylation sites is 1. The monoisotopic (exact) mass is 493 g/mol. The van der Waals surface area contributed by atoms with E-state index in [0.29, 0.717) is 18.7 Å². The van der Waals surface area contributed by atoms with Gasteiger partial charge in [-0.2, -0.15) is 0 Å². The van der Waals surface area contributed by atoms with Gasteiger partial charge in [-0.3, -0.25) is 9.69 Å². The maximum Gasteiger partial charge on any atom is 0.226 e. The zero-order valence-electron chi connectivity index (χ0n) is 20.9. The second-order valence-electron chi connectivity index (χ2n) is 10.7. The van der Waals surface area contributed by atoms with Crippen molar-refractivity contribution in [2.45, 2.75) is 51.6 Å². The van der Waals surface area contributed by atoms with Crippen molar-refractivity contribution in [1.29, 1.82) is 0 Å². The standard InChI is InChI=1S/C29H33F2N3O2/c1-3-18-15-33(16-18)10-11-36-20-13-23(30)26(24(31)14-20)28-27-22(21-6-4-5-7-25(21)32-27)12-17(2)34(28)29(35)19-8-9-19/h4-7,13-14,17-19,28,32H,3,8-12,15-16H2,1-2H3/t17-,28-/m1/s1. The van der Waals surface area contributed by atoms with Crippen LogP contribution in [-0.4, -0.2) is 53.0 Å². The Morgan fingerprint density at radius 1 is 1.14 bits per heavy atom. The van der Waals surface area contributed by atoms with Crippen molar-refractivity contribution in [2.24, 2.45) is 11.8 Å². The van der Waals surface area contributed by atoms with Crippen molar-refractivity contribution < 1.29 is 18.3 Å². The molecule has 1 aliphatic carbocycles. The summed E-state index contributed by atoms with van der Waals surface area (Å²) in [6.07, 6.45) is 3.49. The Kier molecular flexibility index (Phi) is 5.98. The fraction of sp³-hybridized carbons (Fsp3) is 0.483. The summed E-state index contributed by atoms with van der Waals surface area (Å²) >= 11 is 0. The van der Waals surface area contributed by atoms with Gasteiger partial charge in [0.1, 0.15) is 30.0 Å². The van der Waals surface area contributed by atoms with E-state index in [2.05, 4.69) is 16.8 Å². The molecule has 6 rings (SSSR count). The Balaban J connectivity index is 1.33. The van der Waals surface area contributed by atoms with Crippen LogP contribution in [0.3, 0.4) is 0 Å². The van der Waals surface area contributed by atoms with Gasteiger partial charge in [0.05, 0.1) is 5.56 Å². The molecule has 2 fully saturated rings. The number of hydrogen-bond donors (Lipinski definition) is 1. The van der Waals surface area contributed by atoms with Gasteiger partial charge in [-0.05, 0) is 43.7 Å². The number of aromatic nitrogens is 1. The largest absolute Gasteiger partial charge is 0.492 e. The van der Waals surface area contributed by atoms with Crippen molar-refractivity contribution in [1.82, 2.24) is 14.8 Å². The Hall–Kier alpha value is -2.93. The quantitative estimate of drug-likeness (QED) is 0.477. The smallest absolute Gasteiger partial charge is 0.226 e. The Bertz CT molecular complexity index is 1270. The number of ether oxygens (including phenoxy) is 1. The number of aromatic amines is 1. The molecule has 3 aliphatic rings. The molecule has 1 aromatic heterocycles. The van der Waals surface area contributed by atoms with Crippen molar-refractivity contribution in [3.8, 4) is 5.75 Å². The third-order valence-electron chi connectivity index (χ3n) is 8.17. The average Bonchev–Trinajstić information content (AvgIpc) is 3.61. The van der Waals surface area contributed by atoms with Gasteiger partial charge in [0.25, 0.3) is 0 Å². The molecule has 7 heteroatoms. The molecule has 3 aromatic rings. The number of halogens is 2. The van der Waals surface area contributed by atoms with Crippen LogP contribution in [-0.2, 0) is 11.2 Å². The molecule has 1 saturated heterocycles. The fourth-order valence-corrected chi connectivity index (χ4v) is 5.95. The van der Waals surface area contributed by atoms with Gasteiger partial charge in [-0.1, -0.05) is 31.5 Å². The molecule has 0 unspecified atom stereocenters. The number of carbonyl (C=O) groups excluding carboxylic acids is 1. The summed E-state index contributed by atoms with van der Waals surface area (Å²) in [7, 11) is 0. The summed E-state index contributed by atoms with van der Waals surface area (Å²) in [6.45, 7) is 7.40. The molecule has 0 bridgehead atoms. The molecule has 3 heterocycles. The van der Waals surface area contributed by atoms with Crippen molar-refractivity contribution in [2.75, 3.05) is 26.2 Å². The van der Waals surface area contributed by atoms with Gasteiger partial charge in [0, 0.05) is 60.3 Å². The molecular weight excluding hydrogens is 460 g/mol. The normalized spacial score (nSPS) is 22.5. The lowest BCUT2D eigenvalue weighted by atomic mass is 9.87. The predicted octanol–water partition coefficient (Wildman–Crippen LogP) is 5.44. The van der Waals surface area contributed by atoms with Crippen LogP contribution < -0.4 is 4.74 Å². The lowest BCUT2D eigenvalue weighted by Gasteiger charge is -2.41. The van der Waals surface area contributed by atoms with Crippen LogP contribution in [0.2, 0.25) is 0 Å². The van der Waals surface area contributed by atoms with E-state index in [4.69, 9.17) is 4.74 Å². The number of hydrogen-bond acceptors (Lipinski definition) is 3. The Morgan fingerprint density at radius 3 is 2.56 bits per heavy atom. The van der Waals surface area contributed by atoms with E-state index in [0.717, 1.165) is 54.9 Å². The number of fused-ring (bicyclic) bond motifs is 3. The number of rotatable bonds is 7. The van der Waals surface area contributed by atoms with E-state index in [1.807, 2.05) is 31.2 Å². The molecule has 190 valence electrons. The van der Waals surface area contributed by atoms with Crippen LogP contribution >= 0.6 is 0 Å². The first-order valence-electron chi connectivity index (χ1n) is 13.2. The molecule has 1 amide bonds. The number of nitrogens with one attached hydrogen (secondary N) is 1. The first kappa shape index (κ1) is 23.5. The number of nitrogens with zero attached hydrogens (tertiary/aromatic N) is 2. The van der Waals surface area contributed by atoms with Crippen LogP contribution in [0.15, 0.2) is 36.4 Å². The summed E-state index contributed by atoms with van der Waals surface area (Å²) in [5.41, 5.74) is 2.56. The Labute approximate surface area is 210 Å². The SMILES string of the molecule is CCC1CN(CCOc2cc(F)c([C@@H]3c4[nH]c5ccccc5c4C[C@@H](C)N3C(=O)C3CC3)c(F)c2)C1. The zero-order valence-corrected chi connectivity index (χ0v) is 20.9. The zero-order chi connectivity index (χ0) is 25.0. The summed E-state index contributed by atoms with van der Waals surface area (Å²) in [5.74, 6) is -0.510. The first-order valence-corrected chi connectivity index (χ1v) is 13.2. The third-order valence-corrected chi connectivity index (χ3v) is 8.17. The molecule has 2 atom stereocenters. The van der Waals surface area contributed by atoms with E-state index >= 15 is 8.78 Å². The van der Waals surface area contributed by atoms with Crippen LogP contribution in [0.25, 0.3) is 10.9 Å². The number of amides is 1. The Morgan fingerprint density at radius 2 is 1.86 bits per heavy atom. The van der Waals surface area contributed by atoms with Gasteiger partial charge in [-0.15, -0.1) is 0 Å². The highest BCUT2D eigenvalue weighted by molar-refractivity contribution is 5.87. The van der Waals surface area contributed by atoms with E-state index in [1.54, 1.807) is 4.90 Å². The molecule has 0 spiro atoms. The van der Waals surface area contributed by atoms with E-state index in [1.165, 1.54) is 18.6 Å². The summed E-state index contributed by atoms with van der Waals surface area (Å²) in [4.78, 5) is 20.8. The highest BCUT2D eigenvalue weighted by atomic mass is 19.1. The topological polar surface area (TPSA) is 48.6 Å². The van der Waals surface area contributed by atoms with E-state index < -0.39 is 17.7 Å². The molecule has 2 aromatic carbocycles. The van der Waals surface area contributed by atoms with Crippen molar-refractivity contribution >= 4 is 16.8 Å². The number of carbonyl (C=O) groups is 1. The van der Waals surface area contributed by atoms with Gasteiger partial charge >= 0.3 is 0 Å². The lowest BCUT2D eigenvalue weighted by molar-refractivity contribution is -0.137. The van der Waals surface area contributed by atoms with Gasteiger partial charge in [-0.25, -0.2) is 8.78 Å². The minimum Gasteiger partial charge on any atom is -0.492 e. The van der Waals surface area contributed by atoms with Gasteiger partial charge in [0.2, 0.25) is 5.91 Å². The van der Waals surface area contributed by atoms with Crippen molar-refractivity contribution in [3.63, 3.8) is 0 Å². The van der Waals surface area contributed by atoms with Crippen LogP contribution in [0.5, 0.6) is 5.75 Å². The number of H-pyrrole nitrogens is 1. The average molecular weight is 494 g/mol. The molecular formula is C29H33F2N3O2. The maximum atomic E-state index is 15.7. The maximum absolute atomic E-state index is 15.7. The van der Waals surface area contributed by atoms with Crippen molar-refractivity contribution in [3.05, 3.63) is 64.9 Å². The van der Waals surface area contributed by atoms with E-state index in [9.17, 15) is 4.79 Å². The number of benzene rings is 2. The minimum absolute atomic E-state index is 0.0177. The second-order valence-corrected chi connectivity index (χ2v) is 10.7. The molecule has 36 heavy (non-hydrogen) atoms. The summed E-state index contributed by atoms with van der Waals surface area (Å²) < 4.78 is 37.1. The van der Waals surface area contributed by atoms with Crippen LogP contribution in [0, 0.1) is 23.5 Å². The first-order chi connectivity index (χ1) is 17.4. The predicted molar refractivity (Wildman–Crippen MR) is 135 cm³/mol. The highest BCUT2D eigenvalue weighted by Crippen LogP contribution is 2.45. The van der Waals surface area contributed by atoms with Crippen LogP contribution in [0.4, 0.5) is 8.78 Å². The lowest BCUT2D eigenvalue weighted by Crippen LogP contribution is -2.47. The molecule has 0 radical (unpaired) electrons. The fourth-order valence-electron chi connectivity index (χ4n) is 5.95. The third kappa shape index (κ3) is 4.07.